The number of benzene rings is 2. The molecule has 2 aliphatic heterocycles. The third-order valence-electron chi connectivity index (χ3n) is 6.68. The number of aliphatic hydroxyl groups excluding tert-OH is 1. The highest BCUT2D eigenvalue weighted by Gasteiger charge is 2.35. The van der Waals surface area contributed by atoms with Crippen LogP contribution in [0.25, 0.3) is 0 Å². The minimum absolute atomic E-state index is 0.00160. The average Bonchev–Trinajstić information content (AvgIpc) is 3.26. The lowest BCUT2D eigenvalue weighted by molar-refractivity contribution is -0.139. The predicted molar refractivity (Wildman–Crippen MR) is 142 cm³/mol. The normalized spacial score (nSPS) is 19.9. The van der Waals surface area contributed by atoms with Crippen LogP contribution in [0, 0.1) is 0 Å². The van der Waals surface area contributed by atoms with E-state index < -0.39 is 31.7 Å². The van der Waals surface area contributed by atoms with Crippen LogP contribution in [0.1, 0.15) is 23.2 Å². The molecule has 2 aliphatic rings. The van der Waals surface area contributed by atoms with Crippen LogP contribution in [0.4, 0.5) is 14.5 Å². The second-order valence-electron chi connectivity index (χ2n) is 9.45. The Labute approximate surface area is 234 Å². The quantitative estimate of drug-likeness (QED) is 0.387. The van der Waals surface area contributed by atoms with Crippen molar-refractivity contribution in [1.29, 1.82) is 0 Å². The van der Waals surface area contributed by atoms with Gasteiger partial charge in [0.1, 0.15) is 18.1 Å². The molecule has 39 heavy (non-hydrogen) atoms. The molecule has 2 heterocycles. The largest absolute Gasteiger partial charge is 0.486 e. The number of likely N-dealkylation sites (tertiary alicyclic amines) is 1. The number of amides is 1. The Balaban J connectivity index is 1.39. The Morgan fingerprint density at radius 2 is 1.74 bits per heavy atom. The SMILES string of the molecule is O=C(O)COc1cc(Cl)c(OCC(F)F)cc1N1CC(NC2CCN(C(=O)c3ccc(Cl)cc3)CC2)[C@H](O)C1. The van der Waals surface area contributed by atoms with Crippen molar-refractivity contribution in [2.75, 3.05) is 44.3 Å². The van der Waals surface area contributed by atoms with E-state index in [1.165, 1.54) is 12.1 Å². The van der Waals surface area contributed by atoms with E-state index in [1.807, 2.05) is 0 Å². The highest BCUT2D eigenvalue weighted by Crippen LogP contribution is 2.40. The zero-order valence-electron chi connectivity index (χ0n) is 20.9. The number of rotatable bonds is 10. The molecule has 0 radical (unpaired) electrons. The number of hydrogen-bond donors (Lipinski definition) is 3. The van der Waals surface area contributed by atoms with Crippen molar-refractivity contribution in [2.45, 2.75) is 37.5 Å². The van der Waals surface area contributed by atoms with Crippen molar-refractivity contribution in [3.63, 3.8) is 0 Å². The summed E-state index contributed by atoms with van der Waals surface area (Å²) < 4.78 is 35.9. The maximum absolute atomic E-state index is 12.8. The first-order valence-electron chi connectivity index (χ1n) is 12.4. The maximum atomic E-state index is 12.8. The van der Waals surface area contributed by atoms with Gasteiger partial charge in [-0.1, -0.05) is 23.2 Å². The number of carboxylic acids is 1. The van der Waals surface area contributed by atoms with Crippen molar-refractivity contribution in [1.82, 2.24) is 10.2 Å². The van der Waals surface area contributed by atoms with Crippen LogP contribution in [0.3, 0.4) is 0 Å². The molecule has 2 aromatic carbocycles. The van der Waals surface area contributed by atoms with Gasteiger partial charge in [-0.25, -0.2) is 13.6 Å². The number of anilines is 1. The van der Waals surface area contributed by atoms with E-state index in [9.17, 15) is 23.5 Å². The van der Waals surface area contributed by atoms with E-state index in [1.54, 1.807) is 34.1 Å². The standard InChI is InChI=1S/C26H29Cl2F2N3O6/c27-16-3-1-15(2-4-16)26(37)32-7-5-17(6-8-32)31-19-11-33(12-21(19)34)20-10-22(38-13-24(29)30)18(28)9-23(20)39-14-25(35)36/h1-4,9-10,17,19,21,24,31,34H,5-8,11-14H2,(H,35,36)/t19?,21-/m1/s1. The third kappa shape index (κ3) is 7.63. The van der Waals surface area contributed by atoms with Crippen molar-refractivity contribution >= 4 is 40.8 Å². The number of halogens is 4. The fraction of sp³-hybridized carbons (Fsp3) is 0.462. The first-order chi connectivity index (χ1) is 18.6. The summed E-state index contributed by atoms with van der Waals surface area (Å²) in [4.78, 5) is 27.4. The minimum Gasteiger partial charge on any atom is -0.486 e. The Kier molecular flexibility index (Phi) is 9.71. The van der Waals surface area contributed by atoms with Gasteiger partial charge in [-0.15, -0.1) is 0 Å². The molecule has 1 unspecified atom stereocenters. The molecule has 3 N–H and O–H groups in total. The molecule has 212 valence electrons. The number of nitrogens with one attached hydrogen (secondary N) is 1. The van der Waals surface area contributed by atoms with Gasteiger partial charge in [-0.3, -0.25) is 4.79 Å². The lowest BCUT2D eigenvalue weighted by atomic mass is 10.0. The van der Waals surface area contributed by atoms with Crippen LogP contribution in [0.5, 0.6) is 11.5 Å². The molecule has 2 aromatic rings. The maximum Gasteiger partial charge on any atom is 0.341 e. The smallest absolute Gasteiger partial charge is 0.341 e. The van der Waals surface area contributed by atoms with Gasteiger partial charge in [0.15, 0.2) is 6.61 Å². The highest BCUT2D eigenvalue weighted by molar-refractivity contribution is 6.32. The van der Waals surface area contributed by atoms with E-state index in [2.05, 4.69) is 5.32 Å². The number of aliphatic hydroxyl groups is 1. The molecule has 0 aliphatic carbocycles. The summed E-state index contributed by atoms with van der Waals surface area (Å²) in [6.07, 6.45) is -2.08. The summed E-state index contributed by atoms with van der Waals surface area (Å²) >= 11 is 12.1. The molecule has 2 fully saturated rings. The van der Waals surface area contributed by atoms with Crippen molar-refractivity contribution in [2.24, 2.45) is 0 Å². The second-order valence-corrected chi connectivity index (χ2v) is 10.3. The molecule has 0 aromatic heterocycles. The number of β-amino-alcohol motifs (C(OH)–C–C–N with tert-alkyl or cyclic N) is 1. The van der Waals surface area contributed by atoms with Gasteiger partial charge in [-0.05, 0) is 37.1 Å². The Morgan fingerprint density at radius 1 is 1.05 bits per heavy atom. The van der Waals surface area contributed by atoms with Crippen molar-refractivity contribution < 1.29 is 38.1 Å². The van der Waals surface area contributed by atoms with E-state index in [0.717, 1.165) is 0 Å². The lowest BCUT2D eigenvalue weighted by Crippen LogP contribution is -2.50. The van der Waals surface area contributed by atoms with Crippen LogP contribution < -0.4 is 19.7 Å². The molecule has 13 heteroatoms. The first kappa shape index (κ1) is 29.1. The van der Waals surface area contributed by atoms with E-state index in [0.29, 0.717) is 48.7 Å². The van der Waals surface area contributed by atoms with Crippen molar-refractivity contribution in [3.8, 4) is 11.5 Å². The van der Waals surface area contributed by atoms with Gasteiger partial charge in [0, 0.05) is 54.9 Å². The summed E-state index contributed by atoms with van der Waals surface area (Å²) in [6, 6.07) is 9.24. The summed E-state index contributed by atoms with van der Waals surface area (Å²) in [5, 5.41) is 23.9. The van der Waals surface area contributed by atoms with Crippen LogP contribution in [0.2, 0.25) is 10.0 Å². The number of ether oxygens (including phenoxy) is 2. The number of aliphatic carboxylic acids is 1. The molecular weight excluding hydrogens is 559 g/mol. The van der Waals surface area contributed by atoms with Gasteiger partial charge >= 0.3 is 5.97 Å². The molecule has 4 rings (SSSR count). The topological polar surface area (TPSA) is 112 Å². The highest BCUT2D eigenvalue weighted by atomic mass is 35.5. The van der Waals surface area contributed by atoms with E-state index in [-0.39, 0.29) is 41.1 Å². The third-order valence-corrected chi connectivity index (χ3v) is 7.23. The van der Waals surface area contributed by atoms with Crippen LogP contribution in [0.15, 0.2) is 36.4 Å². The summed E-state index contributed by atoms with van der Waals surface area (Å²) in [6.45, 7) is 0.142. The number of carbonyl (C=O) groups excluding carboxylic acids is 1. The zero-order valence-corrected chi connectivity index (χ0v) is 22.4. The fourth-order valence-electron chi connectivity index (χ4n) is 4.76. The van der Waals surface area contributed by atoms with Gasteiger partial charge in [0.25, 0.3) is 12.3 Å². The van der Waals surface area contributed by atoms with Crippen LogP contribution >= 0.6 is 23.2 Å². The monoisotopic (exact) mass is 587 g/mol. The Bertz CT molecular complexity index is 1170. The Morgan fingerprint density at radius 3 is 2.38 bits per heavy atom. The minimum atomic E-state index is -2.71. The summed E-state index contributed by atoms with van der Waals surface area (Å²) in [5.41, 5.74) is 0.949. The molecule has 2 atom stereocenters. The first-order valence-corrected chi connectivity index (χ1v) is 13.2. The molecule has 0 saturated carbocycles. The molecule has 2 saturated heterocycles. The molecule has 0 spiro atoms. The number of hydrogen-bond acceptors (Lipinski definition) is 7. The number of alkyl halides is 2. The van der Waals surface area contributed by atoms with Crippen LogP contribution in [-0.4, -0.2) is 91.0 Å². The van der Waals surface area contributed by atoms with Gasteiger partial charge in [0.2, 0.25) is 0 Å². The number of nitrogens with zero attached hydrogens (tertiary/aromatic N) is 2. The van der Waals surface area contributed by atoms with E-state index >= 15 is 0 Å². The lowest BCUT2D eigenvalue weighted by Gasteiger charge is -2.34. The van der Waals surface area contributed by atoms with E-state index in [4.69, 9.17) is 37.8 Å². The summed E-state index contributed by atoms with van der Waals surface area (Å²) in [7, 11) is 0. The average molecular weight is 588 g/mol. The van der Waals surface area contributed by atoms with Crippen LogP contribution in [-0.2, 0) is 4.79 Å². The molecule has 9 nitrogen and oxygen atoms in total. The molecule has 1 amide bonds. The zero-order chi connectivity index (χ0) is 28.1. The second kappa shape index (κ2) is 13.0. The fourth-order valence-corrected chi connectivity index (χ4v) is 5.10. The van der Waals surface area contributed by atoms with Gasteiger partial charge < -0.3 is 34.8 Å². The predicted octanol–water partition coefficient (Wildman–Crippen LogP) is 3.54. The van der Waals surface area contributed by atoms with Gasteiger partial charge in [-0.2, -0.15) is 0 Å². The Hall–Kier alpha value is -2.86. The number of piperidine rings is 1. The van der Waals surface area contributed by atoms with Gasteiger partial charge in [0.05, 0.1) is 22.9 Å². The molecule has 0 bridgehead atoms. The number of carboxylic acid groups (broad SMARTS) is 1. The number of carbonyl (C=O) groups is 2. The summed E-state index contributed by atoms with van der Waals surface area (Å²) in [5.74, 6) is -1.12. The molecular formula is C26H29Cl2F2N3O6. The van der Waals surface area contributed by atoms with Crippen molar-refractivity contribution in [3.05, 3.63) is 52.0 Å².